The molecule has 1 aliphatic carbocycles. The number of hydrogen-bond acceptors (Lipinski definition) is 4. The van der Waals surface area contributed by atoms with Crippen LogP contribution >= 0.6 is 0 Å². The van der Waals surface area contributed by atoms with Crippen LogP contribution in [-0.2, 0) is 11.2 Å². The van der Waals surface area contributed by atoms with Crippen LogP contribution in [0.2, 0.25) is 0 Å². The number of aromatic nitrogens is 2. The Hall–Kier alpha value is -2.14. The number of alkyl halides is 1. The first-order valence-corrected chi connectivity index (χ1v) is 8.75. The lowest BCUT2D eigenvalue weighted by molar-refractivity contribution is -0.114. The van der Waals surface area contributed by atoms with Crippen molar-refractivity contribution < 1.29 is 14.3 Å². The van der Waals surface area contributed by atoms with E-state index in [-0.39, 0.29) is 5.92 Å². The lowest BCUT2D eigenvalue weighted by atomic mass is 9.78. The highest BCUT2D eigenvalue weighted by atomic mass is 19.1. The molecule has 1 N–H and O–H groups in total. The summed E-state index contributed by atoms with van der Waals surface area (Å²) >= 11 is 0. The fraction of sp³-hybridized carbons (Fsp3) is 0.450. The molecule has 25 heavy (non-hydrogen) atoms. The molecule has 2 aromatic rings. The Labute approximate surface area is 147 Å². The Morgan fingerprint density at radius 2 is 1.92 bits per heavy atom. The van der Waals surface area contributed by atoms with Crippen molar-refractivity contribution in [2.45, 2.75) is 50.8 Å². The van der Waals surface area contributed by atoms with E-state index >= 15 is 0 Å². The molecule has 1 aromatic carbocycles. The molecule has 0 amide bonds. The second-order valence-corrected chi connectivity index (χ2v) is 6.92. The highest BCUT2D eigenvalue weighted by Crippen LogP contribution is 2.37. The lowest BCUT2D eigenvalue weighted by Crippen LogP contribution is -2.26. The number of nitrogens with zero attached hydrogens (tertiary/aromatic N) is 2. The van der Waals surface area contributed by atoms with Gasteiger partial charge in [0, 0.05) is 30.3 Å². The molecule has 1 aromatic heterocycles. The van der Waals surface area contributed by atoms with Crippen LogP contribution in [0.25, 0.3) is 11.4 Å². The van der Waals surface area contributed by atoms with Crippen LogP contribution < -0.4 is 0 Å². The fourth-order valence-corrected chi connectivity index (χ4v) is 3.45. The zero-order valence-electron chi connectivity index (χ0n) is 14.3. The summed E-state index contributed by atoms with van der Waals surface area (Å²) in [6.07, 6.45) is 5.17. The standard InChI is InChI=1S/C20H23FN2O2/c1-13(25)8-14-10-22-20(23-11-14)16-4-2-15(3-5-16)17-6-7-18(12-24)19(21)9-17/h2-5,10-13,17-19,25H,6-9H2,1H3. The van der Waals surface area contributed by atoms with E-state index in [1.807, 2.05) is 24.3 Å². The zero-order valence-corrected chi connectivity index (χ0v) is 14.3. The lowest BCUT2D eigenvalue weighted by Gasteiger charge is -2.29. The van der Waals surface area contributed by atoms with Crippen LogP contribution in [0.5, 0.6) is 0 Å². The smallest absolute Gasteiger partial charge is 0.159 e. The number of aldehydes is 1. The number of rotatable bonds is 5. The number of halogens is 1. The van der Waals surface area contributed by atoms with Crippen molar-refractivity contribution in [2.75, 3.05) is 0 Å². The first kappa shape index (κ1) is 17.7. The van der Waals surface area contributed by atoms with Gasteiger partial charge >= 0.3 is 0 Å². The van der Waals surface area contributed by atoms with E-state index in [1.54, 1.807) is 19.3 Å². The molecule has 4 unspecified atom stereocenters. The van der Waals surface area contributed by atoms with Crippen LogP contribution in [0.1, 0.15) is 43.2 Å². The van der Waals surface area contributed by atoms with Gasteiger partial charge in [-0.3, -0.25) is 0 Å². The molecule has 0 bridgehead atoms. The molecule has 5 heteroatoms. The van der Waals surface area contributed by atoms with E-state index < -0.39 is 18.2 Å². The Balaban J connectivity index is 1.69. The summed E-state index contributed by atoms with van der Waals surface area (Å²) in [5.41, 5.74) is 2.91. The van der Waals surface area contributed by atoms with Crippen molar-refractivity contribution in [3.8, 4) is 11.4 Å². The van der Waals surface area contributed by atoms with Crippen LogP contribution in [0.4, 0.5) is 4.39 Å². The maximum Gasteiger partial charge on any atom is 0.159 e. The Morgan fingerprint density at radius 1 is 1.24 bits per heavy atom. The molecule has 1 saturated carbocycles. The summed E-state index contributed by atoms with van der Waals surface area (Å²) in [4.78, 5) is 19.5. The molecular weight excluding hydrogens is 319 g/mol. The van der Waals surface area contributed by atoms with Gasteiger partial charge in [-0.1, -0.05) is 24.3 Å². The van der Waals surface area contributed by atoms with Gasteiger partial charge in [-0.2, -0.15) is 0 Å². The van der Waals surface area contributed by atoms with Crippen LogP contribution in [-0.4, -0.2) is 33.6 Å². The summed E-state index contributed by atoms with van der Waals surface area (Å²) in [6.45, 7) is 1.73. The molecule has 3 rings (SSSR count). The number of aliphatic hydroxyl groups excluding tert-OH is 1. The van der Waals surface area contributed by atoms with Crippen LogP contribution in [0, 0.1) is 5.92 Å². The molecule has 0 spiro atoms. The van der Waals surface area contributed by atoms with Gasteiger partial charge in [0.05, 0.1) is 6.10 Å². The van der Waals surface area contributed by atoms with Crippen molar-refractivity contribution in [3.05, 3.63) is 47.8 Å². The topological polar surface area (TPSA) is 63.1 Å². The van der Waals surface area contributed by atoms with E-state index in [1.165, 1.54) is 0 Å². The zero-order chi connectivity index (χ0) is 17.8. The summed E-state index contributed by atoms with van der Waals surface area (Å²) in [5, 5.41) is 9.40. The van der Waals surface area contributed by atoms with Crippen molar-refractivity contribution in [2.24, 2.45) is 5.92 Å². The third-order valence-electron chi connectivity index (χ3n) is 4.87. The molecule has 4 nitrogen and oxygen atoms in total. The SMILES string of the molecule is CC(O)Cc1cnc(-c2ccc(C3CCC(C=O)C(F)C3)cc2)nc1. The molecular formula is C20H23FN2O2. The maximum atomic E-state index is 14.0. The molecule has 132 valence electrons. The molecule has 1 heterocycles. The van der Waals surface area contributed by atoms with Gasteiger partial charge in [-0.05, 0) is 43.2 Å². The minimum Gasteiger partial charge on any atom is -0.393 e. The first-order chi connectivity index (χ1) is 12.1. The third kappa shape index (κ3) is 4.28. The maximum absolute atomic E-state index is 14.0. The van der Waals surface area contributed by atoms with Gasteiger partial charge in [-0.25, -0.2) is 14.4 Å². The van der Waals surface area contributed by atoms with Gasteiger partial charge in [0.2, 0.25) is 0 Å². The van der Waals surface area contributed by atoms with Crippen molar-refractivity contribution in [1.82, 2.24) is 9.97 Å². The molecule has 0 saturated heterocycles. The quantitative estimate of drug-likeness (QED) is 0.845. The summed E-state index contributed by atoms with van der Waals surface area (Å²) in [7, 11) is 0. The average Bonchev–Trinajstić information content (AvgIpc) is 2.62. The predicted molar refractivity (Wildman–Crippen MR) is 93.9 cm³/mol. The molecule has 0 radical (unpaired) electrons. The average molecular weight is 342 g/mol. The van der Waals surface area contributed by atoms with Gasteiger partial charge in [-0.15, -0.1) is 0 Å². The van der Waals surface area contributed by atoms with Crippen LogP contribution in [0.3, 0.4) is 0 Å². The van der Waals surface area contributed by atoms with Crippen molar-refractivity contribution in [3.63, 3.8) is 0 Å². The minimum atomic E-state index is -1.04. The third-order valence-corrected chi connectivity index (χ3v) is 4.87. The summed E-state index contributed by atoms with van der Waals surface area (Å²) in [6, 6.07) is 7.91. The van der Waals surface area contributed by atoms with E-state index in [9.17, 15) is 14.3 Å². The Bertz CT molecular complexity index is 701. The van der Waals surface area contributed by atoms with Gasteiger partial charge < -0.3 is 9.90 Å². The molecule has 1 fully saturated rings. The molecule has 4 atom stereocenters. The van der Waals surface area contributed by atoms with Crippen molar-refractivity contribution >= 4 is 6.29 Å². The Kier molecular flexibility index (Phi) is 5.53. The Morgan fingerprint density at radius 3 is 2.48 bits per heavy atom. The number of benzene rings is 1. The summed E-state index contributed by atoms with van der Waals surface area (Å²) < 4.78 is 14.0. The van der Waals surface area contributed by atoms with Crippen molar-refractivity contribution in [1.29, 1.82) is 0 Å². The van der Waals surface area contributed by atoms with Gasteiger partial charge in [0.15, 0.2) is 5.82 Å². The predicted octanol–water partition coefficient (Wildman–Crippen LogP) is 3.49. The fourth-order valence-electron chi connectivity index (χ4n) is 3.45. The number of aliphatic hydroxyl groups is 1. The second kappa shape index (κ2) is 7.83. The van der Waals surface area contributed by atoms with E-state index in [4.69, 9.17) is 0 Å². The summed E-state index contributed by atoms with van der Waals surface area (Å²) in [5.74, 6) is 0.354. The van der Waals surface area contributed by atoms with E-state index in [2.05, 4.69) is 9.97 Å². The number of hydrogen-bond donors (Lipinski definition) is 1. The van der Waals surface area contributed by atoms with E-state index in [0.29, 0.717) is 25.1 Å². The molecule has 0 aliphatic heterocycles. The van der Waals surface area contributed by atoms with Gasteiger partial charge in [0.25, 0.3) is 0 Å². The van der Waals surface area contributed by atoms with Gasteiger partial charge in [0.1, 0.15) is 12.5 Å². The highest BCUT2D eigenvalue weighted by molar-refractivity contribution is 5.56. The first-order valence-electron chi connectivity index (χ1n) is 8.75. The molecule has 1 aliphatic rings. The largest absolute Gasteiger partial charge is 0.393 e. The minimum absolute atomic E-state index is 0.162. The number of carbonyl (C=O) groups excluding carboxylic acids is 1. The monoisotopic (exact) mass is 342 g/mol. The second-order valence-electron chi connectivity index (χ2n) is 6.92. The van der Waals surface area contributed by atoms with Crippen LogP contribution in [0.15, 0.2) is 36.7 Å². The van der Waals surface area contributed by atoms with E-state index in [0.717, 1.165) is 29.4 Å². The highest BCUT2D eigenvalue weighted by Gasteiger charge is 2.30. The number of carbonyl (C=O) groups is 1. The normalized spacial score (nSPS) is 24.7.